The van der Waals surface area contributed by atoms with Gasteiger partial charge < -0.3 is 18.9 Å². The van der Waals surface area contributed by atoms with Crippen molar-refractivity contribution in [1.29, 1.82) is 0 Å². The van der Waals surface area contributed by atoms with Crippen molar-refractivity contribution in [2.24, 2.45) is 0 Å². The molecule has 29 heavy (non-hydrogen) atoms. The highest BCUT2D eigenvalue weighted by Gasteiger charge is 2.14. The minimum absolute atomic E-state index is 0.0881. The summed E-state index contributed by atoms with van der Waals surface area (Å²) in [6, 6.07) is 13.9. The molecule has 7 heteroatoms. The lowest BCUT2D eigenvalue weighted by molar-refractivity contribution is -0.127. The summed E-state index contributed by atoms with van der Waals surface area (Å²) in [5.41, 5.74) is 3.17. The number of rotatable bonds is 9. The number of aromatic nitrogens is 2. The van der Waals surface area contributed by atoms with Gasteiger partial charge in [-0.05, 0) is 43.2 Å². The van der Waals surface area contributed by atoms with Gasteiger partial charge in [-0.25, -0.2) is 4.98 Å². The highest BCUT2D eigenvalue weighted by molar-refractivity contribution is 7.99. The van der Waals surface area contributed by atoms with E-state index in [2.05, 4.69) is 22.5 Å². The average molecular weight is 414 g/mol. The number of fused-ring (bicyclic) bond motifs is 1. The number of thioether (sulfide) groups is 1. The second-order valence-corrected chi connectivity index (χ2v) is 7.61. The zero-order valence-corrected chi connectivity index (χ0v) is 18.2. The average Bonchev–Trinajstić information content (AvgIpc) is 3.12. The number of amides is 1. The zero-order chi connectivity index (χ0) is 20.8. The highest BCUT2D eigenvalue weighted by atomic mass is 32.2. The number of nitrogens with zero attached hydrogens (tertiary/aromatic N) is 3. The minimum Gasteiger partial charge on any atom is -0.493 e. The molecule has 0 aliphatic rings. The number of aryl methyl sites for hydroxylation is 1. The molecule has 0 radical (unpaired) electrons. The lowest BCUT2D eigenvalue weighted by Crippen LogP contribution is -2.30. The molecular weight excluding hydrogens is 386 g/mol. The molecule has 3 rings (SSSR count). The summed E-state index contributed by atoms with van der Waals surface area (Å²) >= 11 is 1.49. The number of methoxy groups -OCH3 is 2. The maximum absolute atomic E-state index is 12.6. The number of hydrogen-bond donors (Lipinski definition) is 0. The van der Waals surface area contributed by atoms with E-state index in [0.29, 0.717) is 23.8 Å². The predicted octanol–water partition coefficient (Wildman–Crippen LogP) is 3.87. The van der Waals surface area contributed by atoms with Gasteiger partial charge in [0.05, 0.1) is 31.0 Å². The van der Waals surface area contributed by atoms with Crippen LogP contribution in [0.15, 0.2) is 47.6 Å². The third-order valence-electron chi connectivity index (χ3n) is 4.87. The molecule has 0 N–H and O–H groups in total. The van der Waals surface area contributed by atoms with Crippen LogP contribution in [0, 0.1) is 0 Å². The normalized spacial score (nSPS) is 10.9. The molecule has 1 aromatic heterocycles. The number of para-hydroxylation sites is 2. The van der Waals surface area contributed by atoms with E-state index in [0.717, 1.165) is 34.7 Å². The van der Waals surface area contributed by atoms with E-state index in [4.69, 9.17) is 9.47 Å². The van der Waals surface area contributed by atoms with E-state index >= 15 is 0 Å². The Bertz CT molecular complexity index is 987. The smallest absolute Gasteiger partial charge is 0.232 e. The number of imidazole rings is 1. The molecule has 1 amide bonds. The van der Waals surface area contributed by atoms with E-state index in [1.165, 1.54) is 11.8 Å². The number of likely N-dealkylation sites (N-methyl/N-ethyl adjacent to an activating group) is 1. The lowest BCUT2D eigenvalue weighted by atomic mass is 10.1. The van der Waals surface area contributed by atoms with Crippen LogP contribution < -0.4 is 9.47 Å². The standard InChI is InChI=1S/C22H27N3O3S/c1-5-25-18-9-7-6-8-17(18)23-22(25)29-15-21(26)24(2)13-12-16-10-11-19(27-3)20(14-16)28-4/h6-11,14H,5,12-13,15H2,1-4H3. The third kappa shape index (κ3) is 4.85. The molecule has 0 saturated heterocycles. The van der Waals surface area contributed by atoms with Gasteiger partial charge >= 0.3 is 0 Å². The van der Waals surface area contributed by atoms with Crippen LogP contribution in [-0.4, -0.2) is 53.9 Å². The molecule has 3 aromatic rings. The summed E-state index contributed by atoms with van der Waals surface area (Å²) in [5, 5.41) is 0.885. The molecule has 0 bridgehead atoms. The predicted molar refractivity (Wildman–Crippen MR) is 117 cm³/mol. The quantitative estimate of drug-likeness (QED) is 0.499. The number of benzene rings is 2. The molecule has 0 spiro atoms. The Morgan fingerprint density at radius 1 is 1.14 bits per heavy atom. The van der Waals surface area contributed by atoms with Crippen LogP contribution >= 0.6 is 11.8 Å². The summed E-state index contributed by atoms with van der Waals surface area (Å²) < 4.78 is 12.8. The van der Waals surface area contributed by atoms with Gasteiger partial charge in [0.2, 0.25) is 5.91 Å². The molecule has 0 atom stereocenters. The molecule has 0 fully saturated rings. The van der Waals surface area contributed by atoms with Gasteiger partial charge in [0, 0.05) is 20.1 Å². The fourth-order valence-corrected chi connectivity index (χ4v) is 4.18. The first-order valence-corrected chi connectivity index (χ1v) is 10.6. The van der Waals surface area contributed by atoms with Crippen LogP contribution in [-0.2, 0) is 17.8 Å². The summed E-state index contributed by atoms with van der Waals surface area (Å²) in [6.07, 6.45) is 0.751. The SMILES string of the molecule is CCn1c(SCC(=O)N(C)CCc2ccc(OC)c(OC)c2)nc2ccccc21. The third-order valence-corrected chi connectivity index (χ3v) is 5.83. The maximum Gasteiger partial charge on any atom is 0.232 e. The van der Waals surface area contributed by atoms with Crippen LogP contribution in [0.3, 0.4) is 0 Å². The Hall–Kier alpha value is -2.67. The fraction of sp³-hybridized carbons (Fsp3) is 0.364. The molecule has 2 aromatic carbocycles. The van der Waals surface area contributed by atoms with Crippen molar-refractivity contribution in [2.45, 2.75) is 25.0 Å². The van der Waals surface area contributed by atoms with Crippen LogP contribution in [0.4, 0.5) is 0 Å². The minimum atomic E-state index is 0.0881. The van der Waals surface area contributed by atoms with Crippen molar-refractivity contribution < 1.29 is 14.3 Å². The van der Waals surface area contributed by atoms with Crippen LogP contribution in [0.2, 0.25) is 0 Å². The van der Waals surface area contributed by atoms with Crippen LogP contribution in [0.25, 0.3) is 11.0 Å². The first-order chi connectivity index (χ1) is 14.1. The number of carbonyl (C=O) groups is 1. The Morgan fingerprint density at radius 2 is 1.90 bits per heavy atom. The fourth-order valence-electron chi connectivity index (χ4n) is 3.16. The van der Waals surface area contributed by atoms with Gasteiger partial charge in [0.25, 0.3) is 0 Å². The zero-order valence-electron chi connectivity index (χ0n) is 17.3. The largest absolute Gasteiger partial charge is 0.493 e. The van der Waals surface area contributed by atoms with Crippen molar-refractivity contribution in [3.63, 3.8) is 0 Å². The number of ether oxygens (including phenoxy) is 2. The van der Waals surface area contributed by atoms with Crippen LogP contribution in [0.1, 0.15) is 12.5 Å². The van der Waals surface area contributed by atoms with E-state index in [1.807, 2.05) is 43.4 Å². The van der Waals surface area contributed by atoms with E-state index in [-0.39, 0.29) is 5.91 Å². The Balaban J connectivity index is 1.57. The van der Waals surface area contributed by atoms with Gasteiger partial charge in [0.15, 0.2) is 16.7 Å². The van der Waals surface area contributed by atoms with Crippen molar-refractivity contribution in [3.05, 3.63) is 48.0 Å². The summed E-state index contributed by atoms with van der Waals surface area (Å²) in [7, 11) is 5.08. The molecule has 0 unspecified atom stereocenters. The summed E-state index contributed by atoms with van der Waals surface area (Å²) in [6.45, 7) is 3.56. The van der Waals surface area contributed by atoms with E-state index in [1.54, 1.807) is 19.1 Å². The van der Waals surface area contributed by atoms with Gasteiger partial charge in [-0.1, -0.05) is 30.0 Å². The molecule has 0 aliphatic carbocycles. The Morgan fingerprint density at radius 3 is 2.62 bits per heavy atom. The summed E-state index contributed by atoms with van der Waals surface area (Å²) in [5.74, 6) is 1.86. The Labute approximate surface area is 175 Å². The molecule has 6 nitrogen and oxygen atoms in total. The monoisotopic (exact) mass is 413 g/mol. The number of hydrogen-bond acceptors (Lipinski definition) is 5. The van der Waals surface area contributed by atoms with E-state index in [9.17, 15) is 4.79 Å². The van der Waals surface area contributed by atoms with Gasteiger partial charge in [0.1, 0.15) is 0 Å². The molecule has 0 saturated carbocycles. The highest BCUT2D eigenvalue weighted by Crippen LogP contribution is 2.28. The van der Waals surface area contributed by atoms with Crippen molar-refractivity contribution >= 4 is 28.7 Å². The van der Waals surface area contributed by atoms with Gasteiger partial charge in [-0.2, -0.15) is 0 Å². The van der Waals surface area contributed by atoms with Crippen molar-refractivity contribution in [3.8, 4) is 11.5 Å². The first-order valence-electron chi connectivity index (χ1n) is 9.60. The van der Waals surface area contributed by atoms with Crippen molar-refractivity contribution in [1.82, 2.24) is 14.5 Å². The molecule has 0 aliphatic heterocycles. The molecule has 154 valence electrons. The van der Waals surface area contributed by atoms with E-state index < -0.39 is 0 Å². The maximum atomic E-state index is 12.6. The molecular formula is C22H27N3O3S. The van der Waals surface area contributed by atoms with Gasteiger partial charge in [-0.15, -0.1) is 0 Å². The lowest BCUT2D eigenvalue weighted by Gasteiger charge is -2.17. The topological polar surface area (TPSA) is 56.6 Å². The second kappa shape index (κ2) is 9.69. The summed E-state index contributed by atoms with van der Waals surface area (Å²) in [4.78, 5) is 19.0. The van der Waals surface area contributed by atoms with Gasteiger partial charge in [-0.3, -0.25) is 4.79 Å². The first kappa shape index (κ1) is 21.0. The van der Waals surface area contributed by atoms with Crippen molar-refractivity contribution in [2.75, 3.05) is 33.6 Å². The van der Waals surface area contributed by atoms with Crippen LogP contribution in [0.5, 0.6) is 11.5 Å². The second-order valence-electron chi connectivity index (χ2n) is 6.67. The molecule has 1 heterocycles. The Kier molecular flexibility index (Phi) is 7.04. The number of carbonyl (C=O) groups excluding carboxylic acids is 1.